The van der Waals surface area contributed by atoms with Gasteiger partial charge < -0.3 is 10.1 Å². The molecule has 2 aromatic carbocycles. The molecule has 0 saturated carbocycles. The van der Waals surface area contributed by atoms with E-state index in [1.54, 1.807) is 18.2 Å². The Morgan fingerprint density at radius 3 is 2.85 bits per heavy atom. The number of nitrogens with one attached hydrogen (secondary N) is 2. The quantitative estimate of drug-likeness (QED) is 0.539. The number of allylic oxidation sites excluding steroid dienone is 1. The monoisotopic (exact) mass is 346 g/mol. The number of ether oxygens (including phenoxy) is 1. The lowest BCUT2D eigenvalue weighted by atomic mass is 10.0. The second-order valence-corrected chi connectivity index (χ2v) is 5.17. The number of nitriles is 1. The first-order valence-corrected chi connectivity index (χ1v) is 7.61. The van der Waals surface area contributed by atoms with E-state index in [4.69, 9.17) is 4.74 Å². The average molecular weight is 346 g/mol. The highest BCUT2D eigenvalue weighted by molar-refractivity contribution is 5.92. The van der Waals surface area contributed by atoms with Crippen LogP contribution in [0.15, 0.2) is 54.7 Å². The van der Waals surface area contributed by atoms with E-state index in [0.717, 1.165) is 16.8 Å². The number of aromatic nitrogens is 4. The van der Waals surface area contributed by atoms with Gasteiger partial charge in [-0.25, -0.2) is 4.79 Å². The Balaban J connectivity index is 1.95. The summed E-state index contributed by atoms with van der Waals surface area (Å²) in [5.41, 5.74) is 3.14. The highest BCUT2D eigenvalue weighted by Crippen LogP contribution is 2.29. The van der Waals surface area contributed by atoms with Crippen LogP contribution in [-0.4, -0.2) is 33.7 Å². The van der Waals surface area contributed by atoms with Crippen LogP contribution in [0.5, 0.6) is 0 Å². The fourth-order valence-corrected chi connectivity index (χ4v) is 2.36. The van der Waals surface area contributed by atoms with Gasteiger partial charge in [-0.15, -0.1) is 10.2 Å². The molecule has 3 rings (SSSR count). The van der Waals surface area contributed by atoms with Gasteiger partial charge in [0.1, 0.15) is 11.6 Å². The van der Waals surface area contributed by atoms with Crippen LogP contribution in [0, 0.1) is 11.3 Å². The van der Waals surface area contributed by atoms with Crippen molar-refractivity contribution in [1.29, 1.82) is 5.26 Å². The molecule has 0 aliphatic rings. The normalized spacial score (nSPS) is 10.8. The van der Waals surface area contributed by atoms with Crippen LogP contribution >= 0.6 is 0 Å². The second kappa shape index (κ2) is 7.72. The molecule has 0 bridgehead atoms. The van der Waals surface area contributed by atoms with Crippen molar-refractivity contribution in [3.05, 3.63) is 66.1 Å². The third-order valence-electron chi connectivity index (χ3n) is 3.60. The molecular weight excluding hydrogens is 332 g/mol. The van der Waals surface area contributed by atoms with Crippen LogP contribution in [0.4, 0.5) is 5.69 Å². The Labute approximate surface area is 149 Å². The zero-order valence-corrected chi connectivity index (χ0v) is 13.8. The summed E-state index contributed by atoms with van der Waals surface area (Å²) in [6.07, 6.45) is 1.51. The molecule has 1 aromatic heterocycles. The molecule has 3 aromatic rings. The summed E-state index contributed by atoms with van der Waals surface area (Å²) in [5.74, 6) is -0.203. The van der Waals surface area contributed by atoms with E-state index < -0.39 is 5.97 Å². The van der Waals surface area contributed by atoms with Crippen LogP contribution in [-0.2, 0) is 4.74 Å². The van der Waals surface area contributed by atoms with Gasteiger partial charge in [-0.05, 0) is 29.0 Å². The number of rotatable bonds is 5. The van der Waals surface area contributed by atoms with Crippen molar-refractivity contribution in [3.8, 4) is 17.2 Å². The lowest BCUT2D eigenvalue weighted by Crippen LogP contribution is -2.01. The predicted molar refractivity (Wildman–Crippen MR) is 94.6 cm³/mol. The Hall–Kier alpha value is -3.99. The van der Waals surface area contributed by atoms with Gasteiger partial charge in [-0.2, -0.15) is 10.5 Å². The molecule has 1 heterocycles. The van der Waals surface area contributed by atoms with E-state index >= 15 is 0 Å². The molecule has 0 aliphatic carbocycles. The van der Waals surface area contributed by atoms with Gasteiger partial charge in [0.25, 0.3) is 0 Å². The molecule has 0 spiro atoms. The average Bonchev–Trinajstić information content (AvgIpc) is 3.23. The number of aromatic amines is 1. The molecule has 0 saturated heterocycles. The number of tetrazole rings is 1. The van der Waals surface area contributed by atoms with Crippen molar-refractivity contribution in [2.75, 3.05) is 12.4 Å². The molecule has 26 heavy (non-hydrogen) atoms. The summed E-state index contributed by atoms with van der Waals surface area (Å²) >= 11 is 0. The molecule has 0 atom stereocenters. The van der Waals surface area contributed by atoms with Crippen LogP contribution in [0.1, 0.15) is 16.2 Å². The number of hydrogen-bond donors (Lipinski definition) is 2. The molecule has 128 valence electrons. The van der Waals surface area contributed by atoms with Gasteiger partial charge in [0.15, 0.2) is 0 Å². The predicted octanol–water partition coefficient (Wildman–Crippen LogP) is 2.63. The molecule has 0 unspecified atom stereocenters. The van der Waals surface area contributed by atoms with E-state index in [9.17, 15) is 10.1 Å². The van der Waals surface area contributed by atoms with Crippen LogP contribution < -0.4 is 5.32 Å². The van der Waals surface area contributed by atoms with Crippen molar-refractivity contribution < 1.29 is 9.53 Å². The highest BCUT2D eigenvalue weighted by Gasteiger charge is 2.10. The topological polar surface area (TPSA) is 117 Å². The number of carbonyl (C=O) groups excluding carboxylic acids is 1. The first-order chi connectivity index (χ1) is 12.7. The summed E-state index contributed by atoms with van der Waals surface area (Å²) in [6, 6.07) is 16.7. The van der Waals surface area contributed by atoms with Crippen molar-refractivity contribution in [1.82, 2.24) is 20.6 Å². The number of carbonyl (C=O) groups is 1. The molecule has 0 radical (unpaired) electrons. The number of H-pyrrole nitrogens is 1. The van der Waals surface area contributed by atoms with E-state index in [2.05, 4.69) is 25.9 Å². The fourth-order valence-electron chi connectivity index (χ4n) is 2.36. The zero-order chi connectivity index (χ0) is 18.4. The highest BCUT2D eigenvalue weighted by atomic mass is 16.5. The number of methoxy groups -OCH3 is 1. The van der Waals surface area contributed by atoms with E-state index in [1.807, 2.05) is 36.4 Å². The summed E-state index contributed by atoms with van der Waals surface area (Å²) in [7, 11) is 1.34. The minimum atomic E-state index is -0.402. The second-order valence-electron chi connectivity index (χ2n) is 5.17. The first-order valence-electron chi connectivity index (χ1n) is 7.61. The maximum atomic E-state index is 11.8. The van der Waals surface area contributed by atoms with Gasteiger partial charge in [0.05, 0.1) is 12.7 Å². The SMILES string of the molecule is COC(=O)c1cccc(-c2ccccc2NC=C(C#N)c2nn[nH]n2)c1. The van der Waals surface area contributed by atoms with Crippen LogP contribution in [0.2, 0.25) is 0 Å². The van der Waals surface area contributed by atoms with Gasteiger partial charge in [0.2, 0.25) is 5.82 Å². The van der Waals surface area contributed by atoms with Crippen molar-refractivity contribution >= 4 is 17.2 Å². The number of hydrogen-bond acceptors (Lipinski definition) is 7. The number of anilines is 1. The number of esters is 1. The van der Waals surface area contributed by atoms with Gasteiger partial charge in [-0.3, -0.25) is 0 Å². The lowest BCUT2D eigenvalue weighted by Gasteiger charge is -2.10. The number of para-hydroxylation sites is 1. The van der Waals surface area contributed by atoms with E-state index in [1.165, 1.54) is 13.3 Å². The minimum Gasteiger partial charge on any atom is -0.465 e. The standard InChI is InChI=1S/C18H14N6O2/c1-26-18(25)13-6-4-5-12(9-13)15-7-2-3-8-16(15)20-11-14(10-19)17-21-23-24-22-17/h2-9,11,20H,1H3,(H,21,22,23,24). The van der Waals surface area contributed by atoms with Crippen molar-refractivity contribution in [2.45, 2.75) is 0 Å². The molecule has 0 aliphatic heterocycles. The zero-order valence-electron chi connectivity index (χ0n) is 13.8. The fraction of sp³-hybridized carbons (Fsp3) is 0.0556. The smallest absolute Gasteiger partial charge is 0.337 e. The van der Waals surface area contributed by atoms with Crippen molar-refractivity contribution in [2.24, 2.45) is 0 Å². The molecule has 0 amide bonds. The lowest BCUT2D eigenvalue weighted by molar-refractivity contribution is 0.0601. The maximum Gasteiger partial charge on any atom is 0.337 e. The van der Waals surface area contributed by atoms with Crippen LogP contribution in [0.3, 0.4) is 0 Å². The largest absolute Gasteiger partial charge is 0.465 e. The first kappa shape index (κ1) is 16.9. The van der Waals surface area contributed by atoms with Gasteiger partial charge in [-0.1, -0.05) is 30.3 Å². The summed E-state index contributed by atoms with van der Waals surface area (Å²) in [6.45, 7) is 0. The number of benzene rings is 2. The Bertz CT molecular complexity index is 989. The van der Waals surface area contributed by atoms with Crippen molar-refractivity contribution in [3.63, 3.8) is 0 Å². The van der Waals surface area contributed by atoms with E-state index in [-0.39, 0.29) is 11.4 Å². The minimum absolute atomic E-state index is 0.199. The maximum absolute atomic E-state index is 11.8. The molecule has 8 nitrogen and oxygen atoms in total. The Morgan fingerprint density at radius 2 is 2.12 bits per heavy atom. The Morgan fingerprint density at radius 1 is 1.27 bits per heavy atom. The van der Waals surface area contributed by atoms with Gasteiger partial charge in [0, 0.05) is 17.5 Å². The van der Waals surface area contributed by atoms with Crippen LogP contribution in [0.25, 0.3) is 16.7 Å². The Kier molecular flexibility index (Phi) is 5.00. The number of nitrogens with zero attached hydrogens (tertiary/aromatic N) is 4. The molecule has 0 fully saturated rings. The summed E-state index contributed by atoms with van der Waals surface area (Å²) in [5, 5.41) is 25.7. The molecule has 2 N–H and O–H groups in total. The molecular formula is C18H14N6O2. The third-order valence-corrected chi connectivity index (χ3v) is 3.60. The van der Waals surface area contributed by atoms with Gasteiger partial charge >= 0.3 is 5.97 Å². The van der Waals surface area contributed by atoms with E-state index in [0.29, 0.717) is 5.56 Å². The summed E-state index contributed by atoms with van der Waals surface area (Å²) in [4.78, 5) is 11.8. The summed E-state index contributed by atoms with van der Waals surface area (Å²) < 4.78 is 4.77. The third kappa shape index (κ3) is 3.57. The molecule has 8 heteroatoms.